The van der Waals surface area contributed by atoms with Crippen molar-refractivity contribution in [2.75, 3.05) is 0 Å². The van der Waals surface area contributed by atoms with Gasteiger partial charge in [0.25, 0.3) is 0 Å². The van der Waals surface area contributed by atoms with Gasteiger partial charge in [0.05, 0.1) is 17.4 Å². The van der Waals surface area contributed by atoms with Crippen LogP contribution in [0.4, 0.5) is 5.69 Å². The number of rotatable bonds is 5. The highest BCUT2D eigenvalue weighted by molar-refractivity contribution is 6.04. The lowest BCUT2D eigenvalue weighted by molar-refractivity contribution is 0.749. The van der Waals surface area contributed by atoms with Crippen LogP contribution in [0.15, 0.2) is 145 Å². The van der Waals surface area contributed by atoms with Crippen molar-refractivity contribution in [3.63, 3.8) is 0 Å². The van der Waals surface area contributed by atoms with Gasteiger partial charge in [-0.15, -0.1) is 0 Å². The van der Waals surface area contributed by atoms with Crippen LogP contribution in [-0.4, -0.2) is 20.8 Å². The number of amidine groups is 1. The normalized spacial score (nSPS) is 14.1. The van der Waals surface area contributed by atoms with E-state index in [1.807, 2.05) is 42.6 Å². The minimum absolute atomic E-state index is 0.0673. The van der Waals surface area contributed by atoms with Crippen LogP contribution in [-0.2, 0) is 0 Å². The smallest absolute Gasteiger partial charge is 0.159 e. The van der Waals surface area contributed by atoms with Crippen molar-refractivity contribution in [2.45, 2.75) is 6.04 Å². The fraction of sp³-hybridized carbons (Fsp3) is 0.0286. The zero-order valence-corrected chi connectivity index (χ0v) is 21.6. The van der Waals surface area contributed by atoms with Crippen molar-refractivity contribution in [2.24, 2.45) is 4.99 Å². The largest absolute Gasteiger partial charge is 0.359 e. The summed E-state index contributed by atoms with van der Waals surface area (Å²) in [5, 5.41) is 3.77. The first-order chi connectivity index (χ1) is 19.8. The first-order valence-corrected chi connectivity index (χ1v) is 13.3. The maximum absolute atomic E-state index is 5.14. The fourth-order valence-electron chi connectivity index (χ4n) is 5.14. The SMILES string of the molecule is c1ccc(-c2ccc3c(c2)C(c2ccccc2)NC(c2cc(-c4ccccn4)cc(-c4ncccn4)c2)=N3)cc1. The van der Waals surface area contributed by atoms with E-state index in [0.29, 0.717) is 5.82 Å². The van der Waals surface area contributed by atoms with Crippen LogP contribution < -0.4 is 5.32 Å². The molecule has 0 aliphatic carbocycles. The lowest BCUT2D eigenvalue weighted by Gasteiger charge is -2.28. The third-order valence-electron chi connectivity index (χ3n) is 7.08. The van der Waals surface area contributed by atoms with Crippen LogP contribution >= 0.6 is 0 Å². The molecule has 0 bridgehead atoms. The summed E-state index contributed by atoms with van der Waals surface area (Å²) in [4.78, 5) is 18.8. The quantitative estimate of drug-likeness (QED) is 0.256. The van der Waals surface area contributed by atoms with Crippen LogP contribution in [0.3, 0.4) is 0 Å². The standard InChI is InChI=1S/C35H25N5/c1-3-10-24(11-4-1)26-15-16-32-30(23-26)33(25-12-5-2-6-13-25)40-35(39-32)29-21-27(31-14-7-8-17-36-31)20-28(22-29)34-37-18-9-19-38-34/h1-23,33H,(H,39,40). The van der Waals surface area contributed by atoms with Crippen molar-refractivity contribution in [3.8, 4) is 33.8 Å². The Morgan fingerprint density at radius 1 is 0.500 bits per heavy atom. The summed E-state index contributed by atoms with van der Waals surface area (Å²) in [6, 6.07) is 41.5. The maximum atomic E-state index is 5.14. The minimum atomic E-state index is -0.0673. The van der Waals surface area contributed by atoms with Crippen molar-refractivity contribution in [1.29, 1.82) is 0 Å². The van der Waals surface area contributed by atoms with Gasteiger partial charge in [0.1, 0.15) is 5.84 Å². The number of nitrogens with zero attached hydrogens (tertiary/aromatic N) is 4. The molecule has 5 nitrogen and oxygen atoms in total. The van der Waals surface area contributed by atoms with Crippen LogP contribution in [0.2, 0.25) is 0 Å². The van der Waals surface area contributed by atoms with Crippen LogP contribution in [0.5, 0.6) is 0 Å². The molecule has 1 aliphatic rings. The second kappa shape index (κ2) is 10.4. The lowest BCUT2D eigenvalue weighted by Crippen LogP contribution is -2.33. The summed E-state index contributed by atoms with van der Waals surface area (Å²) in [5.74, 6) is 1.45. The molecule has 0 amide bonds. The number of pyridine rings is 1. The topological polar surface area (TPSA) is 63.1 Å². The van der Waals surface area contributed by atoms with Gasteiger partial charge in [0.15, 0.2) is 5.82 Å². The Kier molecular flexibility index (Phi) is 6.15. The average molecular weight is 516 g/mol. The first kappa shape index (κ1) is 23.7. The molecule has 0 spiro atoms. The highest BCUT2D eigenvalue weighted by Gasteiger charge is 2.25. The highest BCUT2D eigenvalue weighted by atomic mass is 15.1. The maximum Gasteiger partial charge on any atom is 0.159 e. The Balaban J connectivity index is 1.39. The number of hydrogen-bond acceptors (Lipinski definition) is 5. The van der Waals surface area contributed by atoms with E-state index in [-0.39, 0.29) is 6.04 Å². The lowest BCUT2D eigenvalue weighted by atomic mass is 9.91. The van der Waals surface area contributed by atoms with Gasteiger partial charge in [-0.3, -0.25) is 4.98 Å². The minimum Gasteiger partial charge on any atom is -0.359 e. The van der Waals surface area contributed by atoms with Gasteiger partial charge in [0.2, 0.25) is 0 Å². The van der Waals surface area contributed by atoms with E-state index in [1.165, 1.54) is 16.7 Å². The number of benzene rings is 4. The summed E-state index contributed by atoms with van der Waals surface area (Å²) in [5.41, 5.74) is 9.33. The van der Waals surface area contributed by atoms with Gasteiger partial charge in [-0.1, -0.05) is 72.8 Å². The molecule has 0 radical (unpaired) electrons. The second-order valence-corrected chi connectivity index (χ2v) is 9.67. The Labute approximate surface area is 233 Å². The molecule has 3 heterocycles. The van der Waals surface area contributed by atoms with Crippen molar-refractivity contribution >= 4 is 11.5 Å². The van der Waals surface area contributed by atoms with E-state index >= 15 is 0 Å². The molecule has 0 saturated carbocycles. The molecule has 6 aromatic rings. The van der Waals surface area contributed by atoms with Crippen LogP contribution in [0.25, 0.3) is 33.8 Å². The predicted octanol–water partition coefficient (Wildman–Crippen LogP) is 7.64. The monoisotopic (exact) mass is 515 g/mol. The Hall–Kier alpha value is -5.42. The van der Waals surface area contributed by atoms with Gasteiger partial charge in [0, 0.05) is 40.8 Å². The molecule has 1 N–H and O–H groups in total. The average Bonchev–Trinajstić information content (AvgIpc) is 3.05. The predicted molar refractivity (Wildman–Crippen MR) is 160 cm³/mol. The molecule has 1 unspecified atom stereocenters. The van der Waals surface area contributed by atoms with E-state index in [1.54, 1.807) is 12.4 Å². The number of aliphatic imine (C=N–C) groups is 1. The number of nitrogens with one attached hydrogen (secondary N) is 1. The summed E-state index contributed by atoms with van der Waals surface area (Å²) in [7, 11) is 0. The molecule has 1 atom stereocenters. The van der Waals surface area contributed by atoms with Crippen LogP contribution in [0.1, 0.15) is 22.7 Å². The summed E-state index contributed by atoms with van der Waals surface area (Å²) >= 11 is 0. The summed E-state index contributed by atoms with van der Waals surface area (Å²) in [6.45, 7) is 0. The van der Waals surface area contributed by atoms with Gasteiger partial charge < -0.3 is 5.32 Å². The van der Waals surface area contributed by atoms with Crippen molar-refractivity contribution < 1.29 is 0 Å². The molecule has 2 aromatic heterocycles. The van der Waals surface area contributed by atoms with E-state index < -0.39 is 0 Å². The number of aromatic nitrogens is 3. The first-order valence-electron chi connectivity index (χ1n) is 13.3. The zero-order valence-electron chi connectivity index (χ0n) is 21.6. The number of fused-ring (bicyclic) bond motifs is 1. The molecule has 5 heteroatoms. The third-order valence-corrected chi connectivity index (χ3v) is 7.08. The van der Waals surface area contributed by atoms with E-state index in [2.05, 4.69) is 105 Å². The van der Waals surface area contributed by atoms with Gasteiger partial charge in [-0.2, -0.15) is 0 Å². The fourth-order valence-corrected chi connectivity index (χ4v) is 5.14. The van der Waals surface area contributed by atoms with Crippen molar-refractivity contribution in [1.82, 2.24) is 20.3 Å². The molecule has 190 valence electrons. The second-order valence-electron chi connectivity index (χ2n) is 9.67. The molecule has 40 heavy (non-hydrogen) atoms. The van der Waals surface area contributed by atoms with Gasteiger partial charge >= 0.3 is 0 Å². The van der Waals surface area contributed by atoms with E-state index in [9.17, 15) is 0 Å². The van der Waals surface area contributed by atoms with Gasteiger partial charge in [-0.25, -0.2) is 15.0 Å². The zero-order chi connectivity index (χ0) is 26.7. The molecule has 7 rings (SSSR count). The van der Waals surface area contributed by atoms with E-state index in [0.717, 1.165) is 39.5 Å². The summed E-state index contributed by atoms with van der Waals surface area (Å²) < 4.78 is 0. The summed E-state index contributed by atoms with van der Waals surface area (Å²) in [6.07, 6.45) is 5.33. The molecular formula is C35H25N5. The van der Waals surface area contributed by atoms with E-state index in [4.69, 9.17) is 4.99 Å². The highest BCUT2D eigenvalue weighted by Crippen LogP contribution is 2.38. The third kappa shape index (κ3) is 4.65. The Morgan fingerprint density at radius 3 is 1.98 bits per heavy atom. The molecular weight excluding hydrogens is 490 g/mol. The molecule has 0 fully saturated rings. The molecule has 4 aromatic carbocycles. The Bertz CT molecular complexity index is 1740. The molecule has 0 saturated heterocycles. The number of hydrogen-bond donors (Lipinski definition) is 1. The molecule has 1 aliphatic heterocycles. The van der Waals surface area contributed by atoms with Gasteiger partial charge in [-0.05, 0) is 65.2 Å². The Morgan fingerprint density at radius 2 is 1.20 bits per heavy atom. The van der Waals surface area contributed by atoms with Crippen LogP contribution in [0, 0.1) is 0 Å². The van der Waals surface area contributed by atoms with Crippen molar-refractivity contribution in [3.05, 3.63) is 157 Å².